The average Bonchev–Trinajstić information content (AvgIpc) is 2.57. The molecular weight excluding hydrogens is 328 g/mol. The summed E-state index contributed by atoms with van der Waals surface area (Å²) in [6, 6.07) is 13.2. The van der Waals surface area contributed by atoms with E-state index in [-0.39, 0.29) is 6.04 Å². The molecule has 25 heavy (non-hydrogen) atoms. The molecule has 0 radical (unpaired) electrons. The standard InChI is InChI=1S/C21H24N2OS/c1-5-15-7-9-19-17(11-15)18-12-21(4,24-19)23(20(25)22-18)16-8-6-13(2)14(3)10-16/h6-11,18H,5,12H2,1-4H3,(H,22,25)/t18-,21-/m1/s1. The van der Waals surface area contributed by atoms with E-state index in [0.29, 0.717) is 0 Å². The van der Waals surface area contributed by atoms with Crippen LogP contribution in [0.1, 0.15) is 48.6 Å². The fraction of sp³-hybridized carbons (Fsp3) is 0.381. The molecule has 0 saturated carbocycles. The van der Waals surface area contributed by atoms with Gasteiger partial charge >= 0.3 is 0 Å². The third kappa shape index (κ3) is 2.60. The Kier molecular flexibility index (Phi) is 3.76. The summed E-state index contributed by atoms with van der Waals surface area (Å²) in [6.45, 7) is 8.57. The minimum Gasteiger partial charge on any atom is -0.467 e. The molecule has 1 fully saturated rings. The summed E-state index contributed by atoms with van der Waals surface area (Å²) < 4.78 is 6.50. The molecule has 0 spiro atoms. The number of nitrogens with one attached hydrogen (secondary N) is 1. The van der Waals surface area contributed by atoms with Gasteiger partial charge in [0, 0.05) is 17.7 Å². The summed E-state index contributed by atoms with van der Waals surface area (Å²) in [5.41, 5.74) is 5.69. The van der Waals surface area contributed by atoms with Crippen LogP contribution in [0.3, 0.4) is 0 Å². The van der Waals surface area contributed by atoms with E-state index in [9.17, 15) is 0 Å². The zero-order chi connectivity index (χ0) is 17.8. The SMILES string of the molecule is CCc1ccc2c(c1)[C@H]1C[C@@](C)(O2)N(c2ccc(C)c(C)c2)C(=S)N1. The van der Waals surface area contributed by atoms with Gasteiger partial charge in [-0.1, -0.05) is 25.1 Å². The molecule has 0 aliphatic carbocycles. The minimum absolute atomic E-state index is 0.204. The molecule has 2 aromatic carbocycles. The van der Waals surface area contributed by atoms with Gasteiger partial charge in [0.05, 0.1) is 6.04 Å². The van der Waals surface area contributed by atoms with Crippen molar-refractivity contribution in [1.29, 1.82) is 0 Å². The molecule has 2 heterocycles. The van der Waals surface area contributed by atoms with Gasteiger partial charge < -0.3 is 10.1 Å². The second kappa shape index (κ2) is 5.73. The molecule has 0 unspecified atom stereocenters. The molecule has 4 rings (SSSR count). The summed E-state index contributed by atoms with van der Waals surface area (Å²) in [6.07, 6.45) is 1.89. The Bertz CT molecular complexity index is 863. The van der Waals surface area contributed by atoms with Crippen LogP contribution in [-0.2, 0) is 6.42 Å². The molecule has 1 saturated heterocycles. The molecule has 2 aromatic rings. The van der Waals surface area contributed by atoms with Crippen LogP contribution < -0.4 is 15.0 Å². The number of nitrogens with zero attached hydrogens (tertiary/aromatic N) is 1. The van der Waals surface area contributed by atoms with E-state index in [1.54, 1.807) is 0 Å². The average molecular weight is 353 g/mol. The number of ether oxygens (including phenoxy) is 1. The summed E-state index contributed by atoms with van der Waals surface area (Å²) in [4.78, 5) is 2.13. The number of rotatable bonds is 2. The normalized spacial score (nSPS) is 24.4. The van der Waals surface area contributed by atoms with Crippen LogP contribution in [0.5, 0.6) is 5.75 Å². The van der Waals surface area contributed by atoms with E-state index in [2.05, 4.69) is 74.3 Å². The van der Waals surface area contributed by atoms with Crippen LogP contribution in [0.25, 0.3) is 0 Å². The maximum absolute atomic E-state index is 6.50. The van der Waals surface area contributed by atoms with Gasteiger partial charge in [0.15, 0.2) is 10.8 Å². The maximum atomic E-state index is 6.50. The Balaban J connectivity index is 1.78. The Morgan fingerprint density at radius 2 is 2.00 bits per heavy atom. The van der Waals surface area contributed by atoms with E-state index < -0.39 is 5.72 Å². The zero-order valence-corrected chi connectivity index (χ0v) is 16.0. The van der Waals surface area contributed by atoms with Gasteiger partial charge in [-0.3, -0.25) is 4.90 Å². The lowest BCUT2D eigenvalue weighted by Crippen LogP contribution is -2.65. The Morgan fingerprint density at radius 3 is 2.72 bits per heavy atom. The molecule has 2 aliphatic heterocycles. The van der Waals surface area contributed by atoms with Crippen molar-refractivity contribution in [2.24, 2.45) is 0 Å². The molecule has 0 amide bonds. The predicted octanol–water partition coefficient (Wildman–Crippen LogP) is 4.80. The van der Waals surface area contributed by atoms with Crippen LogP contribution in [0.4, 0.5) is 5.69 Å². The molecule has 0 aromatic heterocycles. The predicted molar refractivity (Wildman–Crippen MR) is 106 cm³/mol. The summed E-state index contributed by atoms with van der Waals surface area (Å²) in [7, 11) is 0. The van der Waals surface area contributed by atoms with Crippen molar-refractivity contribution in [3.05, 3.63) is 58.7 Å². The van der Waals surface area contributed by atoms with E-state index in [4.69, 9.17) is 17.0 Å². The molecule has 3 nitrogen and oxygen atoms in total. The lowest BCUT2D eigenvalue weighted by molar-refractivity contribution is 0.0497. The fourth-order valence-electron chi connectivity index (χ4n) is 3.90. The van der Waals surface area contributed by atoms with Gasteiger partial charge in [0.25, 0.3) is 0 Å². The number of benzene rings is 2. The smallest absolute Gasteiger partial charge is 0.188 e. The van der Waals surface area contributed by atoms with Gasteiger partial charge in [-0.2, -0.15) is 0 Å². The lowest BCUT2D eigenvalue weighted by Gasteiger charge is -2.52. The van der Waals surface area contributed by atoms with Crippen LogP contribution in [0, 0.1) is 13.8 Å². The molecule has 1 N–H and O–H groups in total. The molecule has 2 atom stereocenters. The van der Waals surface area contributed by atoms with E-state index >= 15 is 0 Å². The maximum Gasteiger partial charge on any atom is 0.188 e. The van der Waals surface area contributed by atoms with Gasteiger partial charge in [-0.25, -0.2) is 0 Å². The topological polar surface area (TPSA) is 24.5 Å². The van der Waals surface area contributed by atoms with Crippen molar-refractivity contribution in [3.8, 4) is 5.75 Å². The monoisotopic (exact) mass is 352 g/mol. The second-order valence-electron chi connectivity index (χ2n) is 7.31. The van der Waals surface area contributed by atoms with Crippen LogP contribution in [0.15, 0.2) is 36.4 Å². The number of hydrogen-bond acceptors (Lipinski definition) is 2. The molecule has 4 heteroatoms. The van der Waals surface area contributed by atoms with Crippen molar-refractivity contribution in [2.75, 3.05) is 4.90 Å². The molecule has 2 aliphatic rings. The van der Waals surface area contributed by atoms with Crippen molar-refractivity contribution < 1.29 is 4.74 Å². The first-order valence-corrected chi connectivity index (χ1v) is 9.32. The van der Waals surface area contributed by atoms with Gasteiger partial charge in [0.1, 0.15) is 5.75 Å². The highest BCUT2D eigenvalue weighted by molar-refractivity contribution is 7.80. The second-order valence-corrected chi connectivity index (χ2v) is 7.70. The summed E-state index contributed by atoms with van der Waals surface area (Å²) in [5, 5.41) is 4.27. The molecule has 130 valence electrons. The summed E-state index contributed by atoms with van der Waals surface area (Å²) in [5.74, 6) is 0.958. The van der Waals surface area contributed by atoms with Crippen LogP contribution in [-0.4, -0.2) is 10.8 Å². The van der Waals surface area contributed by atoms with Crippen molar-refractivity contribution in [3.63, 3.8) is 0 Å². The largest absolute Gasteiger partial charge is 0.467 e. The number of fused-ring (bicyclic) bond motifs is 4. The Hall–Kier alpha value is -2.07. The van der Waals surface area contributed by atoms with Gasteiger partial charge in [0.2, 0.25) is 0 Å². The third-order valence-electron chi connectivity index (χ3n) is 5.49. The quantitative estimate of drug-likeness (QED) is 0.785. The first kappa shape index (κ1) is 16.4. The van der Waals surface area contributed by atoms with E-state index in [0.717, 1.165) is 29.4 Å². The van der Waals surface area contributed by atoms with Crippen molar-refractivity contribution in [2.45, 2.75) is 52.3 Å². The van der Waals surface area contributed by atoms with Gasteiger partial charge in [-0.15, -0.1) is 0 Å². The van der Waals surface area contributed by atoms with Crippen LogP contribution >= 0.6 is 12.2 Å². The highest BCUT2D eigenvalue weighted by Crippen LogP contribution is 2.46. The Morgan fingerprint density at radius 1 is 1.20 bits per heavy atom. The highest BCUT2D eigenvalue weighted by Gasteiger charge is 2.48. The zero-order valence-electron chi connectivity index (χ0n) is 15.2. The number of aryl methyl sites for hydroxylation is 3. The highest BCUT2D eigenvalue weighted by atomic mass is 32.1. The number of hydrogen-bond donors (Lipinski definition) is 1. The molecule has 2 bridgehead atoms. The van der Waals surface area contributed by atoms with Crippen molar-refractivity contribution >= 4 is 23.0 Å². The van der Waals surface area contributed by atoms with Gasteiger partial charge in [-0.05, 0) is 74.3 Å². The van der Waals surface area contributed by atoms with E-state index in [1.807, 2.05) is 0 Å². The third-order valence-corrected chi connectivity index (χ3v) is 5.79. The first-order valence-electron chi connectivity index (χ1n) is 8.91. The lowest BCUT2D eigenvalue weighted by atomic mass is 9.89. The first-order chi connectivity index (χ1) is 11.9. The van der Waals surface area contributed by atoms with Crippen molar-refractivity contribution in [1.82, 2.24) is 5.32 Å². The fourth-order valence-corrected chi connectivity index (χ4v) is 4.34. The molecular formula is C21H24N2OS. The van der Waals surface area contributed by atoms with Crippen LogP contribution in [0.2, 0.25) is 0 Å². The number of anilines is 1. The number of thiocarbonyl (C=S) groups is 1. The summed E-state index contributed by atoms with van der Waals surface area (Å²) >= 11 is 5.74. The Labute approximate surface area is 155 Å². The minimum atomic E-state index is -0.477. The van der Waals surface area contributed by atoms with E-state index in [1.165, 1.54) is 22.3 Å².